The summed E-state index contributed by atoms with van der Waals surface area (Å²) in [5, 5.41) is 4.11. The minimum absolute atomic E-state index is 1.08. The highest BCUT2D eigenvalue weighted by atomic mass is 127. The van der Waals surface area contributed by atoms with E-state index in [4.69, 9.17) is 0 Å². The van der Waals surface area contributed by atoms with E-state index < -0.39 is 0 Å². The Bertz CT molecular complexity index is 173. The van der Waals surface area contributed by atoms with E-state index in [1.165, 1.54) is 5.69 Å². The van der Waals surface area contributed by atoms with Crippen LogP contribution >= 0.6 is 0 Å². The summed E-state index contributed by atoms with van der Waals surface area (Å²) in [4.78, 5) is 0. The van der Waals surface area contributed by atoms with E-state index in [0.29, 0.717) is 0 Å². The summed E-state index contributed by atoms with van der Waals surface area (Å²) in [5.74, 6) is 0. The zero-order valence-corrected chi connectivity index (χ0v) is 7.01. The molecule has 3 heteroatoms. The topological polar surface area (TPSA) is 17.8 Å². The van der Waals surface area contributed by atoms with Gasteiger partial charge in [0.2, 0.25) is 0 Å². The summed E-state index contributed by atoms with van der Waals surface area (Å²) in [5.41, 5.74) is 2.28. The third-order valence-electron chi connectivity index (χ3n) is 0.954. The predicted octanol–water partition coefficient (Wildman–Crippen LogP) is -2.18. The first-order chi connectivity index (χ1) is 3.70. The van der Waals surface area contributed by atoms with Gasteiger partial charge in [0.05, 0.1) is 5.69 Å². The summed E-state index contributed by atoms with van der Waals surface area (Å²) < 4.78 is 1.84. The Morgan fingerprint density at radius 1 is 1.62 bits per heavy atom. The number of nitrogens with zero attached hydrogens (tertiary/aromatic N) is 2. The van der Waals surface area contributed by atoms with Crippen molar-refractivity contribution in [3.8, 4) is 0 Å². The first-order valence-electron chi connectivity index (χ1n) is 2.39. The van der Waals surface area contributed by atoms with Crippen LogP contribution in [0.2, 0.25) is 0 Å². The molecule has 0 N–H and O–H groups in total. The number of hydrogen-bond donors (Lipinski definition) is 0. The molecule has 0 atom stereocenters. The van der Waals surface area contributed by atoms with Gasteiger partial charge in [-0.25, -0.2) is 5.10 Å². The number of aromatic nitrogens is 2. The summed E-state index contributed by atoms with van der Waals surface area (Å²) in [6.45, 7) is 4.02. The molecule has 0 saturated heterocycles. The Hall–Kier alpha value is -0.0600. The van der Waals surface area contributed by atoms with Gasteiger partial charge in [0.15, 0.2) is 0 Å². The van der Waals surface area contributed by atoms with Crippen LogP contribution in [0.1, 0.15) is 11.4 Å². The third-order valence-corrected chi connectivity index (χ3v) is 1.93. The van der Waals surface area contributed by atoms with Gasteiger partial charge in [-0.15, -0.1) is 0 Å². The minimum atomic E-state index is 1.08. The van der Waals surface area contributed by atoms with E-state index in [2.05, 4.69) is 28.0 Å². The fourth-order valence-electron chi connectivity index (χ4n) is 0.602. The lowest BCUT2D eigenvalue weighted by atomic mass is 10.4. The lowest BCUT2D eigenvalue weighted by Crippen LogP contribution is -3.38. The fourth-order valence-corrected chi connectivity index (χ4v) is 1.08. The normalized spacial score (nSPS) is 9.88. The van der Waals surface area contributed by atoms with Gasteiger partial charge in [-0.3, -0.25) is 0 Å². The number of halogens is 1. The van der Waals surface area contributed by atoms with Crippen molar-refractivity contribution in [3.63, 3.8) is 0 Å². The maximum absolute atomic E-state index is 4.11. The predicted molar refractivity (Wildman–Crippen MR) is 27.1 cm³/mol. The van der Waals surface area contributed by atoms with E-state index in [-0.39, 0.29) is 0 Å². The van der Waals surface area contributed by atoms with Crippen LogP contribution in [0, 0.1) is 13.8 Å². The van der Waals surface area contributed by atoms with Crippen molar-refractivity contribution in [1.82, 2.24) is 7.99 Å². The van der Waals surface area contributed by atoms with Crippen molar-refractivity contribution in [3.05, 3.63) is 17.5 Å². The SMILES string of the molecule is Cc1cc(C)n([I-])n1. The van der Waals surface area contributed by atoms with Gasteiger partial charge >= 0.3 is 0 Å². The van der Waals surface area contributed by atoms with Gasteiger partial charge in [0.1, 0.15) is 0 Å². The molecule has 1 rings (SSSR count). The molecule has 8 heavy (non-hydrogen) atoms. The molecule has 1 heterocycles. The first-order valence-corrected chi connectivity index (χ1v) is 3.36. The number of rotatable bonds is 0. The molecular weight excluding hydrogens is 215 g/mol. The lowest BCUT2D eigenvalue weighted by Gasteiger charge is -2.04. The van der Waals surface area contributed by atoms with Crippen LogP contribution in [0.4, 0.5) is 0 Å². The van der Waals surface area contributed by atoms with E-state index in [9.17, 15) is 0 Å². The summed E-state index contributed by atoms with van der Waals surface area (Å²) in [7, 11) is 0. The molecule has 0 unspecified atom stereocenters. The van der Waals surface area contributed by atoms with Gasteiger partial charge in [-0.1, -0.05) is 0 Å². The first kappa shape index (κ1) is 6.07. The molecule has 0 saturated carbocycles. The van der Waals surface area contributed by atoms with Crippen molar-refractivity contribution < 1.29 is 22.9 Å². The molecule has 0 aliphatic heterocycles. The Balaban J connectivity index is 3.14. The molecule has 0 fully saturated rings. The average molecular weight is 222 g/mol. The molecule has 1 aromatic heterocycles. The smallest absolute Gasteiger partial charge is 0.0572 e. The van der Waals surface area contributed by atoms with Crippen molar-refractivity contribution in [2.45, 2.75) is 13.8 Å². The van der Waals surface area contributed by atoms with Crippen LogP contribution in [-0.4, -0.2) is 7.99 Å². The second-order valence-corrected chi connectivity index (χ2v) is 2.70. The fraction of sp³-hybridized carbons (Fsp3) is 0.400. The zero-order valence-electron chi connectivity index (χ0n) is 4.85. The van der Waals surface area contributed by atoms with Crippen LogP contribution < -0.4 is 22.9 Å². The average Bonchev–Trinajstić information content (AvgIpc) is 1.85. The van der Waals surface area contributed by atoms with E-state index in [1.54, 1.807) is 0 Å². The van der Waals surface area contributed by atoms with Gasteiger partial charge in [0, 0.05) is 5.69 Å². The summed E-state index contributed by atoms with van der Waals surface area (Å²) in [6.07, 6.45) is 0. The van der Waals surface area contributed by atoms with Crippen LogP contribution in [-0.2, 0) is 0 Å². The molecule has 0 aliphatic carbocycles. The van der Waals surface area contributed by atoms with Crippen molar-refractivity contribution >= 4 is 0 Å². The van der Waals surface area contributed by atoms with Crippen molar-refractivity contribution in [2.75, 3.05) is 0 Å². The Morgan fingerprint density at radius 3 is 2.38 bits per heavy atom. The van der Waals surface area contributed by atoms with Gasteiger partial charge in [-0.05, 0) is 19.9 Å². The molecule has 1 radical (unpaired) electrons. The third kappa shape index (κ3) is 1.02. The lowest BCUT2D eigenvalue weighted by molar-refractivity contribution is -0.454. The van der Waals surface area contributed by atoms with Crippen LogP contribution in [0.15, 0.2) is 6.07 Å². The molecule has 0 aliphatic rings. The number of hydrogen-bond acceptors (Lipinski definition) is 1. The molecular formula is C5H7IN2-. The molecule has 45 valence electrons. The quantitative estimate of drug-likeness (QED) is 0.456. The van der Waals surface area contributed by atoms with Crippen molar-refractivity contribution in [1.29, 1.82) is 0 Å². The second kappa shape index (κ2) is 2.05. The molecule has 0 amide bonds. The molecule has 0 spiro atoms. The largest absolute Gasteiger partial charge is 0.631 e. The minimum Gasteiger partial charge on any atom is -0.631 e. The Kier molecular flexibility index (Phi) is 1.55. The van der Waals surface area contributed by atoms with E-state index >= 15 is 0 Å². The van der Waals surface area contributed by atoms with Gasteiger partial charge in [-0.2, -0.15) is 0 Å². The maximum atomic E-state index is 4.11. The molecule has 0 bridgehead atoms. The highest BCUT2D eigenvalue weighted by Crippen LogP contribution is 1.93. The highest BCUT2D eigenvalue weighted by molar-refractivity contribution is 5.04. The maximum Gasteiger partial charge on any atom is 0.0572 e. The van der Waals surface area contributed by atoms with E-state index in [1.807, 2.05) is 22.8 Å². The summed E-state index contributed by atoms with van der Waals surface area (Å²) in [6, 6.07) is 2.05. The van der Waals surface area contributed by atoms with Gasteiger partial charge in [0.25, 0.3) is 0 Å². The highest BCUT2D eigenvalue weighted by Gasteiger charge is 1.86. The monoisotopic (exact) mass is 222 g/mol. The Labute approximate surface area is 62.4 Å². The molecule has 0 aromatic carbocycles. The van der Waals surface area contributed by atoms with Crippen LogP contribution in [0.3, 0.4) is 0 Å². The number of aryl methyl sites for hydroxylation is 2. The zero-order chi connectivity index (χ0) is 6.15. The Morgan fingerprint density at radius 2 is 2.25 bits per heavy atom. The standard InChI is InChI=1S/C5H7IN2/c1-4-3-5(2)8(6)7-4/h3H,1-2H3/q-1. The summed E-state index contributed by atoms with van der Waals surface area (Å²) >= 11 is 2.15. The molecule has 1 aromatic rings. The van der Waals surface area contributed by atoms with Crippen LogP contribution in [0.5, 0.6) is 0 Å². The van der Waals surface area contributed by atoms with Crippen LogP contribution in [0.25, 0.3) is 0 Å². The molecule has 2 nitrogen and oxygen atoms in total. The second-order valence-electron chi connectivity index (χ2n) is 1.79. The van der Waals surface area contributed by atoms with Gasteiger partial charge < -0.3 is 25.8 Å². The van der Waals surface area contributed by atoms with Crippen molar-refractivity contribution in [2.24, 2.45) is 0 Å². The van der Waals surface area contributed by atoms with E-state index in [0.717, 1.165) is 5.69 Å².